The lowest BCUT2D eigenvalue weighted by Crippen LogP contribution is -2.46. The molecule has 2 atom stereocenters. The molecule has 212 valence electrons. The van der Waals surface area contributed by atoms with Crippen LogP contribution in [0.1, 0.15) is 23.2 Å². The number of nitrogen functional groups attached to an aromatic ring is 1. The zero-order valence-corrected chi connectivity index (χ0v) is 22.3. The van der Waals surface area contributed by atoms with E-state index in [2.05, 4.69) is 15.6 Å². The van der Waals surface area contributed by atoms with Gasteiger partial charge < -0.3 is 15.7 Å². The van der Waals surface area contributed by atoms with Crippen molar-refractivity contribution < 1.29 is 24.3 Å². The van der Waals surface area contributed by atoms with E-state index in [0.717, 1.165) is 26.5 Å². The first kappa shape index (κ1) is 29.0. The molecule has 1 unspecified atom stereocenters. The maximum Gasteiger partial charge on any atom is 0.340 e. The highest BCUT2D eigenvalue weighted by Gasteiger charge is 2.28. The van der Waals surface area contributed by atoms with E-state index in [1.165, 1.54) is 12.5 Å². The minimum Gasteiger partial charge on any atom is -0.480 e. The zero-order valence-electron chi connectivity index (χ0n) is 22.3. The van der Waals surface area contributed by atoms with Crippen LogP contribution >= 0.6 is 0 Å². The first-order chi connectivity index (χ1) is 19.8. The van der Waals surface area contributed by atoms with Crippen LogP contribution in [0.2, 0.25) is 0 Å². The van der Waals surface area contributed by atoms with E-state index in [0.29, 0.717) is 13.0 Å². The average Bonchev–Trinajstić information content (AvgIpc) is 3.45. The van der Waals surface area contributed by atoms with Crippen LogP contribution in [0.3, 0.4) is 0 Å². The number of nitrogens with zero attached hydrogens (tertiary/aromatic N) is 2. The number of carbonyl (C=O) groups is 4. The van der Waals surface area contributed by atoms with E-state index in [1.807, 2.05) is 78.2 Å². The van der Waals surface area contributed by atoms with Gasteiger partial charge in [0.1, 0.15) is 12.4 Å². The van der Waals surface area contributed by atoms with Crippen LogP contribution in [-0.2, 0) is 33.6 Å². The second-order valence-electron chi connectivity index (χ2n) is 9.65. The van der Waals surface area contributed by atoms with Gasteiger partial charge in [0.25, 0.3) is 0 Å². The fraction of sp³-hybridized carbons (Fsp3) is 0.233. The Labute approximate surface area is 236 Å². The van der Waals surface area contributed by atoms with Crippen LogP contribution in [0.15, 0.2) is 85.3 Å². The van der Waals surface area contributed by atoms with Gasteiger partial charge in [-0.25, -0.2) is 20.4 Å². The highest BCUT2D eigenvalue weighted by molar-refractivity contribution is 5.90. The Balaban J connectivity index is 1.49. The van der Waals surface area contributed by atoms with E-state index in [-0.39, 0.29) is 30.9 Å². The average molecular weight is 557 g/mol. The van der Waals surface area contributed by atoms with Crippen molar-refractivity contribution >= 4 is 34.6 Å². The summed E-state index contributed by atoms with van der Waals surface area (Å²) >= 11 is 0. The van der Waals surface area contributed by atoms with Crippen molar-refractivity contribution in [3.8, 4) is 0 Å². The van der Waals surface area contributed by atoms with Crippen molar-refractivity contribution in [1.29, 1.82) is 0 Å². The minimum atomic E-state index is -1.33. The molecule has 1 aromatic heterocycles. The summed E-state index contributed by atoms with van der Waals surface area (Å²) in [6.07, 6.45) is 3.11. The van der Waals surface area contributed by atoms with E-state index in [9.17, 15) is 24.3 Å². The number of carboxylic acids is 1. The molecular weight excluding hydrogens is 524 g/mol. The summed E-state index contributed by atoms with van der Waals surface area (Å²) < 4.78 is 1.07. The number of carboxylic acid groups (broad SMARTS) is 1. The number of aromatic nitrogens is 2. The normalized spacial score (nSPS) is 12.3. The van der Waals surface area contributed by atoms with E-state index in [4.69, 9.17) is 5.84 Å². The highest BCUT2D eigenvalue weighted by Crippen LogP contribution is 2.23. The van der Waals surface area contributed by atoms with Crippen molar-refractivity contribution in [2.24, 2.45) is 11.8 Å². The van der Waals surface area contributed by atoms with Gasteiger partial charge in [-0.05, 0) is 34.7 Å². The van der Waals surface area contributed by atoms with Crippen molar-refractivity contribution in [2.45, 2.75) is 31.7 Å². The molecule has 11 nitrogen and oxygen atoms in total. The fourth-order valence-corrected chi connectivity index (χ4v) is 4.63. The van der Waals surface area contributed by atoms with Gasteiger partial charge in [0.15, 0.2) is 0 Å². The molecule has 0 aliphatic heterocycles. The van der Waals surface area contributed by atoms with Gasteiger partial charge in [0, 0.05) is 25.6 Å². The lowest BCUT2D eigenvalue weighted by Gasteiger charge is -2.21. The molecule has 0 radical (unpaired) electrons. The summed E-state index contributed by atoms with van der Waals surface area (Å²) in [7, 11) is 0. The summed E-state index contributed by atoms with van der Waals surface area (Å²) in [6, 6.07) is 21.3. The van der Waals surface area contributed by atoms with Gasteiger partial charge in [0.2, 0.25) is 11.8 Å². The zero-order chi connectivity index (χ0) is 29.2. The van der Waals surface area contributed by atoms with Gasteiger partial charge in [0.05, 0.1) is 11.6 Å². The second kappa shape index (κ2) is 13.9. The molecule has 3 aromatic carbocycles. The first-order valence-corrected chi connectivity index (χ1v) is 13.2. The Morgan fingerprint density at radius 3 is 2.41 bits per heavy atom. The molecule has 0 saturated heterocycles. The summed E-state index contributed by atoms with van der Waals surface area (Å²) in [5.74, 6) is 2.15. The molecule has 11 heteroatoms. The van der Waals surface area contributed by atoms with Crippen molar-refractivity contribution in [3.63, 3.8) is 0 Å². The van der Waals surface area contributed by atoms with E-state index in [1.54, 1.807) is 0 Å². The number of amides is 3. The van der Waals surface area contributed by atoms with Crippen molar-refractivity contribution in [2.75, 3.05) is 6.54 Å². The van der Waals surface area contributed by atoms with Gasteiger partial charge in [-0.1, -0.05) is 72.8 Å². The summed E-state index contributed by atoms with van der Waals surface area (Å²) in [5, 5.41) is 17.2. The Hall–Kier alpha value is -5.03. The highest BCUT2D eigenvalue weighted by atomic mass is 16.4. The number of fused-ring (bicyclic) bond motifs is 1. The van der Waals surface area contributed by atoms with E-state index < -0.39 is 29.9 Å². The monoisotopic (exact) mass is 556 g/mol. The number of hydrogen-bond donors (Lipinski definition) is 5. The molecule has 0 spiro atoms. The number of carbonyl (C=O) groups excluding carboxylic acids is 3. The molecule has 0 bridgehead atoms. The largest absolute Gasteiger partial charge is 0.480 e. The number of hydrazine groups is 1. The molecule has 6 N–H and O–H groups in total. The number of rotatable bonds is 12. The minimum absolute atomic E-state index is 0.124. The molecule has 1 heterocycles. The first-order valence-electron chi connectivity index (χ1n) is 13.2. The van der Waals surface area contributed by atoms with Crippen LogP contribution in [0, 0.1) is 5.92 Å². The number of nitrogens with two attached hydrogens (primary N) is 1. The molecule has 0 aliphatic carbocycles. The molecule has 0 saturated carbocycles. The predicted octanol–water partition coefficient (Wildman–Crippen LogP) is 2.19. The number of imidazole rings is 1. The Morgan fingerprint density at radius 1 is 0.927 bits per heavy atom. The van der Waals surface area contributed by atoms with Crippen molar-refractivity contribution in [1.82, 2.24) is 25.6 Å². The maximum atomic E-state index is 13.5. The van der Waals surface area contributed by atoms with E-state index >= 15 is 0 Å². The third-order valence-electron chi connectivity index (χ3n) is 6.75. The molecule has 4 rings (SSSR count). The summed E-state index contributed by atoms with van der Waals surface area (Å²) in [6.45, 7) is 0.405. The number of benzene rings is 3. The Kier molecular flexibility index (Phi) is 9.79. The third-order valence-corrected chi connectivity index (χ3v) is 6.75. The summed E-state index contributed by atoms with van der Waals surface area (Å²) in [4.78, 5) is 54.3. The molecule has 3 amide bonds. The van der Waals surface area contributed by atoms with Crippen molar-refractivity contribution in [3.05, 3.63) is 102 Å². The lowest BCUT2D eigenvalue weighted by molar-refractivity contribution is -0.142. The Morgan fingerprint density at radius 2 is 1.66 bits per heavy atom. The van der Waals surface area contributed by atoms with Gasteiger partial charge in [-0.15, -0.1) is 0 Å². The number of hydrogen-bond acceptors (Lipinski definition) is 6. The lowest BCUT2D eigenvalue weighted by atomic mass is 9.91. The summed E-state index contributed by atoms with van der Waals surface area (Å²) in [5.41, 5.74) is 4.18. The second-order valence-corrected chi connectivity index (χ2v) is 9.65. The molecular formula is C30H32N6O5. The molecule has 0 fully saturated rings. The molecule has 4 aromatic rings. The molecule has 0 aliphatic rings. The quantitative estimate of drug-likeness (QED) is 0.101. The fourth-order valence-electron chi connectivity index (χ4n) is 4.63. The van der Waals surface area contributed by atoms with Crippen LogP contribution in [0.25, 0.3) is 10.8 Å². The number of nitrogens with one attached hydrogen (secondary N) is 3. The van der Waals surface area contributed by atoms with Gasteiger partial charge in [-0.3, -0.25) is 19.6 Å². The molecule has 41 heavy (non-hydrogen) atoms. The van der Waals surface area contributed by atoms with Gasteiger partial charge >= 0.3 is 12.0 Å². The third kappa shape index (κ3) is 7.99. The van der Waals surface area contributed by atoms with Gasteiger partial charge in [-0.2, -0.15) is 0 Å². The predicted molar refractivity (Wildman–Crippen MR) is 153 cm³/mol. The van der Waals surface area contributed by atoms with Crippen LogP contribution in [-0.4, -0.2) is 51.1 Å². The topological polar surface area (TPSA) is 168 Å². The maximum absolute atomic E-state index is 13.5. The standard InChI is InChI=1S/C30H32N6O5/c31-35-30(41)36-18-24(33-19-36)17-26(29(39)40)34-28(38)23(15-22-11-6-10-21-9-4-5-12-25(21)22)16-27(37)32-14-13-20-7-2-1-3-8-20/h1-12,18-19,23,26H,13-17,31H2,(H,32,37)(H,34,38)(H,35,41)(H,39,40)/t23?,26-/m0/s1. The SMILES string of the molecule is NNC(=O)n1cnc(C[C@H](NC(=O)C(CC(=O)NCCc2ccccc2)Cc2cccc3ccccc23)C(=O)O)c1. The van der Waals surface area contributed by atoms with Crippen LogP contribution in [0.4, 0.5) is 4.79 Å². The van der Waals surface area contributed by atoms with Crippen LogP contribution in [0.5, 0.6) is 0 Å². The smallest absolute Gasteiger partial charge is 0.340 e. The number of aliphatic carboxylic acids is 1. The van der Waals surface area contributed by atoms with Crippen LogP contribution < -0.4 is 21.9 Å². The Bertz CT molecular complexity index is 1510.